The summed E-state index contributed by atoms with van der Waals surface area (Å²) < 4.78 is 115. The van der Waals surface area contributed by atoms with Gasteiger partial charge < -0.3 is 57.6 Å². The van der Waals surface area contributed by atoms with Gasteiger partial charge in [-0.3, -0.25) is 19.2 Å². The predicted molar refractivity (Wildman–Crippen MR) is 533 cm³/mol. The molecule has 4 aliphatic carbocycles. The van der Waals surface area contributed by atoms with Crippen molar-refractivity contribution in [1.29, 1.82) is 0 Å². The fourth-order valence-corrected chi connectivity index (χ4v) is 19.0. The van der Waals surface area contributed by atoms with Gasteiger partial charge in [-0.25, -0.2) is 17.6 Å². The van der Waals surface area contributed by atoms with Gasteiger partial charge in [0.15, 0.2) is 0 Å². The first-order chi connectivity index (χ1) is 65.7. The van der Waals surface area contributed by atoms with Crippen LogP contribution in [0.5, 0.6) is 46.0 Å². The Hall–Kier alpha value is -13.4. The predicted octanol–water partition coefficient (Wildman–Crippen LogP) is 27.7. The van der Waals surface area contributed by atoms with E-state index in [1.165, 1.54) is 71.9 Å². The molecule has 0 saturated carbocycles. The number of rotatable bonds is 28. The van der Waals surface area contributed by atoms with Crippen LogP contribution in [-0.2, 0) is 102 Å². The number of carboxylic acid groups (broad SMARTS) is 2. The second-order valence-corrected chi connectivity index (χ2v) is 40.2. The van der Waals surface area contributed by atoms with Gasteiger partial charge in [-0.1, -0.05) is 180 Å². The zero-order valence-electron chi connectivity index (χ0n) is 82.5. The molecule has 0 fully saturated rings. The molecule has 16 nitrogen and oxygen atoms in total. The summed E-state index contributed by atoms with van der Waals surface area (Å²) in [6.07, 6.45) is 8.45. The Morgan fingerprint density at radius 1 is 0.268 bits per heavy atom. The Labute approximate surface area is 809 Å². The summed E-state index contributed by atoms with van der Waals surface area (Å²) in [6, 6.07) is 67.5. The second kappa shape index (κ2) is 44.4. The molecular formula is C118H128F4O16. The SMILES string of the molecule is COC(=O)C[C@@H]1CCc2ccc(OCc3ccc(-c4cc(OC)ccc4F)c(C(C)(C)C)c3)cc21.COC(=O)C[C@H]1CCc2ccc(OCc3ccc(-c4cc(OC)ccc4F)c(C(C)(C)C)c3)cc21.COc1ccc(F)c(-c2ccc(COc3ccc4c(c3)[C@@H](CC(=O)O)CC4)cc2C(C)(C)C)c1.COc1ccc(F)c(-c2ccc(COc3ccc4c(c3)[C@H](CC(=O)O)CC4)cc2C(C)(C)C)c1. The van der Waals surface area contributed by atoms with Gasteiger partial charge in [-0.15, -0.1) is 0 Å². The molecule has 16 rings (SSSR count). The van der Waals surface area contributed by atoms with Crippen LogP contribution in [0.4, 0.5) is 17.6 Å². The molecule has 0 amide bonds. The summed E-state index contributed by atoms with van der Waals surface area (Å²) >= 11 is 0. The first-order valence-corrected chi connectivity index (χ1v) is 47.2. The molecule has 0 radical (unpaired) electrons. The average molecular weight is 1880 g/mol. The molecule has 4 atom stereocenters. The fraction of sp³-hybridized carbons (Fsp3) is 0.356. The van der Waals surface area contributed by atoms with Gasteiger partial charge >= 0.3 is 23.9 Å². The molecule has 0 spiro atoms. The molecule has 4 aliphatic rings. The lowest BCUT2D eigenvalue weighted by atomic mass is 9.81. The van der Waals surface area contributed by atoms with Crippen molar-refractivity contribution in [2.24, 2.45) is 0 Å². The summed E-state index contributed by atoms with van der Waals surface area (Å²) in [5, 5.41) is 18.4. The van der Waals surface area contributed by atoms with Crippen molar-refractivity contribution in [2.75, 3.05) is 42.7 Å². The van der Waals surface area contributed by atoms with Gasteiger partial charge in [0.25, 0.3) is 0 Å². The van der Waals surface area contributed by atoms with Gasteiger partial charge in [-0.2, -0.15) is 0 Å². The number of hydrogen-bond acceptors (Lipinski definition) is 14. The number of carbonyl (C=O) groups excluding carboxylic acids is 2. The molecule has 0 bridgehead atoms. The molecule has 724 valence electrons. The van der Waals surface area contributed by atoms with E-state index < -0.39 is 11.9 Å². The Kier molecular flexibility index (Phi) is 32.8. The van der Waals surface area contributed by atoms with Crippen LogP contribution < -0.4 is 37.9 Å². The van der Waals surface area contributed by atoms with Gasteiger partial charge in [-0.05, 0) is 329 Å². The number of benzene rings is 12. The number of fused-ring (bicyclic) bond motifs is 4. The summed E-state index contributed by atoms with van der Waals surface area (Å²) in [7, 11) is 9.17. The minimum Gasteiger partial charge on any atom is -0.497 e. The highest BCUT2D eigenvalue weighted by Crippen LogP contribution is 2.47. The molecule has 138 heavy (non-hydrogen) atoms. The third kappa shape index (κ3) is 25.5. The minimum atomic E-state index is -0.772. The molecule has 0 aromatic heterocycles. The Bertz CT molecular complexity index is 6020. The number of ether oxygens (including phenoxy) is 10. The lowest BCUT2D eigenvalue weighted by Crippen LogP contribution is -2.14. The van der Waals surface area contributed by atoms with Crippen LogP contribution in [0.2, 0.25) is 0 Å². The summed E-state index contributed by atoms with van der Waals surface area (Å²) in [5.41, 5.74) is 22.2. The highest BCUT2D eigenvalue weighted by molar-refractivity contribution is 5.77. The molecule has 0 unspecified atom stereocenters. The molecule has 20 heteroatoms. The van der Waals surface area contributed by atoms with Crippen LogP contribution in [0, 0.1) is 23.3 Å². The van der Waals surface area contributed by atoms with E-state index in [1.54, 1.807) is 77.0 Å². The number of aliphatic carboxylic acids is 2. The molecule has 0 heterocycles. The fourth-order valence-electron chi connectivity index (χ4n) is 19.0. The van der Waals surface area contributed by atoms with Crippen molar-refractivity contribution in [3.8, 4) is 90.5 Å². The maximum absolute atomic E-state index is 14.8. The van der Waals surface area contributed by atoms with Crippen LogP contribution in [0.1, 0.15) is 247 Å². The lowest BCUT2D eigenvalue weighted by molar-refractivity contribution is -0.142. The first kappa shape index (κ1) is 102. The Balaban J connectivity index is 0.000000155. The van der Waals surface area contributed by atoms with E-state index in [2.05, 4.69) is 132 Å². The number of hydrogen-bond donors (Lipinski definition) is 2. The van der Waals surface area contributed by atoms with Crippen LogP contribution in [0.15, 0.2) is 218 Å². The van der Waals surface area contributed by atoms with E-state index in [4.69, 9.17) is 47.4 Å². The van der Waals surface area contributed by atoms with E-state index >= 15 is 0 Å². The highest BCUT2D eigenvalue weighted by atomic mass is 19.1. The van der Waals surface area contributed by atoms with E-state index in [-0.39, 0.29) is 93.4 Å². The average Bonchev–Trinajstić information content (AvgIpc) is 1.75. The van der Waals surface area contributed by atoms with E-state index in [9.17, 15) is 47.0 Å². The third-order valence-corrected chi connectivity index (χ3v) is 26.4. The minimum absolute atomic E-state index is 0.0422. The lowest BCUT2D eigenvalue weighted by Gasteiger charge is -2.24. The van der Waals surface area contributed by atoms with Gasteiger partial charge in [0, 0.05) is 22.3 Å². The van der Waals surface area contributed by atoms with E-state index in [1.807, 2.05) is 97.1 Å². The number of halogens is 4. The van der Waals surface area contributed by atoms with Crippen LogP contribution in [0.25, 0.3) is 44.5 Å². The first-order valence-electron chi connectivity index (χ1n) is 47.2. The number of carbonyl (C=O) groups is 4. The standard InChI is InChI=1S/2C30H33FO4.2C29H31FO4/c2*1-30(2,3)27-14-19(6-12-24(27)26-16-22(33-4)11-13-28(26)31)18-35-23-10-9-20-7-8-21(25(20)17-23)15-29(32)34-5;2*1-29(2,3)26-13-18(5-11-23(26)25-15-21(33-4)10-12-27(25)30)17-34-22-9-8-19-6-7-20(14-28(31)32)24(19)16-22/h2*6,9-14,16-17,21H,7-8,15,18H2,1-5H3;2*5,8-13,15-16,20H,6-7,14,17H2,1-4H3,(H,31,32)/t2*21-;2*20-/m1010/s1. The maximum atomic E-state index is 14.8. The largest absolute Gasteiger partial charge is 0.497 e. The maximum Gasteiger partial charge on any atom is 0.306 e. The second-order valence-electron chi connectivity index (χ2n) is 40.2. The zero-order valence-corrected chi connectivity index (χ0v) is 82.5. The van der Waals surface area contributed by atoms with Crippen molar-refractivity contribution in [3.63, 3.8) is 0 Å². The summed E-state index contributed by atoms with van der Waals surface area (Å²) in [4.78, 5) is 46.0. The van der Waals surface area contributed by atoms with Crippen molar-refractivity contribution < 1.29 is 94.3 Å². The summed E-state index contributed by atoms with van der Waals surface area (Å²) in [5.74, 6) is 2.88. The molecule has 12 aromatic rings. The normalized spacial score (nSPS) is 15.1. The summed E-state index contributed by atoms with van der Waals surface area (Å²) in [6.45, 7) is 26.9. The molecule has 0 aliphatic heterocycles. The number of carboxylic acids is 2. The van der Waals surface area contributed by atoms with E-state index in [0.717, 1.165) is 152 Å². The third-order valence-electron chi connectivity index (χ3n) is 26.4. The number of methoxy groups -OCH3 is 6. The highest BCUT2D eigenvalue weighted by Gasteiger charge is 2.33. The van der Waals surface area contributed by atoms with Crippen molar-refractivity contribution in [2.45, 2.75) is 232 Å². The topological polar surface area (TPSA) is 201 Å². The van der Waals surface area contributed by atoms with Crippen LogP contribution in [0.3, 0.4) is 0 Å². The monoisotopic (exact) mass is 1880 g/mol. The van der Waals surface area contributed by atoms with Crippen molar-refractivity contribution >= 4 is 23.9 Å². The van der Waals surface area contributed by atoms with Gasteiger partial charge in [0.1, 0.15) is 95.7 Å². The number of aryl methyl sites for hydroxylation is 4. The Morgan fingerprint density at radius 2 is 0.478 bits per heavy atom. The molecule has 0 saturated heterocycles. The van der Waals surface area contributed by atoms with E-state index in [0.29, 0.717) is 84.5 Å². The quantitative estimate of drug-likeness (QED) is 0.0346. The van der Waals surface area contributed by atoms with Gasteiger partial charge in [0.05, 0.1) is 68.3 Å². The van der Waals surface area contributed by atoms with Gasteiger partial charge in [0.2, 0.25) is 0 Å². The van der Waals surface area contributed by atoms with Crippen molar-refractivity contribution in [3.05, 3.63) is 331 Å². The number of esters is 2. The smallest absolute Gasteiger partial charge is 0.306 e. The molecular weight excluding hydrogens is 1750 g/mol. The van der Waals surface area contributed by atoms with Crippen LogP contribution >= 0.6 is 0 Å². The molecule has 12 aromatic carbocycles. The molecule has 2 N–H and O–H groups in total. The zero-order chi connectivity index (χ0) is 99.2. The van der Waals surface area contributed by atoms with Crippen LogP contribution in [-0.4, -0.2) is 76.7 Å². The van der Waals surface area contributed by atoms with Crippen molar-refractivity contribution in [1.82, 2.24) is 0 Å². The Morgan fingerprint density at radius 3 is 0.674 bits per heavy atom.